The summed E-state index contributed by atoms with van der Waals surface area (Å²) in [6.07, 6.45) is 6.36. The number of aromatic nitrogens is 4. The van der Waals surface area contributed by atoms with Gasteiger partial charge in [-0.15, -0.1) is 5.10 Å². The molecule has 0 aliphatic rings. The second-order valence-corrected chi connectivity index (χ2v) is 5.67. The van der Waals surface area contributed by atoms with Gasteiger partial charge in [0.05, 0.1) is 22.3 Å². The Labute approximate surface area is 138 Å². The van der Waals surface area contributed by atoms with Gasteiger partial charge in [-0.25, -0.2) is 4.68 Å². The van der Waals surface area contributed by atoms with Crippen LogP contribution in [0, 0.1) is 0 Å². The summed E-state index contributed by atoms with van der Waals surface area (Å²) in [4.78, 5) is 4.05. The predicted molar refractivity (Wildman–Crippen MR) is 88.1 cm³/mol. The quantitative estimate of drug-likeness (QED) is 0.698. The monoisotopic (exact) mass is 332 g/mol. The fourth-order valence-corrected chi connectivity index (χ4v) is 2.81. The van der Waals surface area contributed by atoms with Crippen LogP contribution < -0.4 is 0 Å². The van der Waals surface area contributed by atoms with E-state index in [9.17, 15) is 0 Å². The van der Waals surface area contributed by atoms with E-state index in [-0.39, 0.29) is 6.04 Å². The Balaban J connectivity index is 1.98. The molecule has 1 aromatic carbocycles. The molecule has 0 aliphatic heterocycles. The summed E-state index contributed by atoms with van der Waals surface area (Å²) in [6, 6.07) is 9.58. The average Bonchev–Trinajstić information content (AvgIpc) is 3.01. The Bertz CT molecular complexity index is 771. The van der Waals surface area contributed by atoms with Crippen LogP contribution in [0.3, 0.4) is 0 Å². The van der Waals surface area contributed by atoms with E-state index in [1.54, 1.807) is 18.5 Å². The van der Waals surface area contributed by atoms with Gasteiger partial charge in [-0.3, -0.25) is 4.98 Å². The minimum atomic E-state index is 0.113. The molecular weight excluding hydrogens is 319 g/mol. The fraction of sp³-hybridized carbons (Fsp3) is 0.188. The van der Waals surface area contributed by atoms with Gasteiger partial charge < -0.3 is 0 Å². The molecule has 3 aromatic rings. The Kier molecular flexibility index (Phi) is 4.41. The van der Waals surface area contributed by atoms with Crippen LogP contribution in [0.15, 0.2) is 48.9 Å². The largest absolute Gasteiger partial charge is 0.265 e. The van der Waals surface area contributed by atoms with Gasteiger partial charge in [0.2, 0.25) is 0 Å². The summed E-state index contributed by atoms with van der Waals surface area (Å²) in [5, 5.41) is 9.50. The van der Waals surface area contributed by atoms with Gasteiger partial charge >= 0.3 is 0 Å². The molecule has 0 spiro atoms. The van der Waals surface area contributed by atoms with Gasteiger partial charge in [-0.05, 0) is 30.2 Å². The van der Waals surface area contributed by atoms with Crippen molar-refractivity contribution >= 4 is 23.2 Å². The molecule has 0 aliphatic carbocycles. The van der Waals surface area contributed by atoms with Crippen molar-refractivity contribution in [3.8, 4) is 11.3 Å². The minimum absolute atomic E-state index is 0.113. The second kappa shape index (κ2) is 6.46. The maximum Gasteiger partial charge on any atom is 0.114 e. The van der Waals surface area contributed by atoms with E-state index < -0.39 is 0 Å². The second-order valence-electron chi connectivity index (χ2n) is 4.89. The number of benzene rings is 1. The van der Waals surface area contributed by atoms with Crippen molar-refractivity contribution in [1.29, 1.82) is 0 Å². The van der Waals surface area contributed by atoms with Gasteiger partial charge in [-0.2, -0.15) is 0 Å². The highest BCUT2D eigenvalue weighted by atomic mass is 35.5. The summed E-state index contributed by atoms with van der Waals surface area (Å²) in [6.45, 7) is 2.11. The number of rotatable bonds is 4. The first kappa shape index (κ1) is 15.0. The number of hydrogen-bond acceptors (Lipinski definition) is 3. The molecule has 2 heterocycles. The van der Waals surface area contributed by atoms with E-state index >= 15 is 0 Å². The maximum absolute atomic E-state index is 6.25. The highest BCUT2D eigenvalue weighted by molar-refractivity contribution is 6.43. The molecule has 6 heteroatoms. The molecular formula is C16H14Cl2N4. The van der Waals surface area contributed by atoms with Gasteiger partial charge in [0.1, 0.15) is 5.69 Å². The van der Waals surface area contributed by atoms with Crippen LogP contribution >= 0.6 is 23.2 Å². The molecule has 0 bridgehead atoms. The third-order valence-electron chi connectivity index (χ3n) is 3.53. The first-order valence-electron chi connectivity index (χ1n) is 6.97. The lowest BCUT2D eigenvalue weighted by Crippen LogP contribution is -2.10. The van der Waals surface area contributed by atoms with Gasteiger partial charge in [0, 0.05) is 18.0 Å². The van der Waals surface area contributed by atoms with Crippen molar-refractivity contribution in [3.63, 3.8) is 0 Å². The topological polar surface area (TPSA) is 43.6 Å². The molecule has 1 atom stereocenters. The lowest BCUT2D eigenvalue weighted by atomic mass is 10.1. The first-order valence-corrected chi connectivity index (χ1v) is 7.72. The lowest BCUT2D eigenvalue weighted by molar-refractivity contribution is 0.493. The Morgan fingerprint density at radius 3 is 2.64 bits per heavy atom. The third kappa shape index (κ3) is 2.85. The van der Waals surface area contributed by atoms with E-state index in [4.69, 9.17) is 23.2 Å². The van der Waals surface area contributed by atoms with Crippen molar-refractivity contribution in [1.82, 2.24) is 20.0 Å². The number of pyridine rings is 1. The number of halogens is 2. The third-order valence-corrected chi connectivity index (χ3v) is 4.35. The summed E-state index contributed by atoms with van der Waals surface area (Å²) in [5.41, 5.74) is 2.64. The van der Waals surface area contributed by atoms with Gasteiger partial charge in [0.25, 0.3) is 0 Å². The van der Waals surface area contributed by atoms with E-state index in [0.29, 0.717) is 15.7 Å². The zero-order valence-electron chi connectivity index (χ0n) is 11.9. The van der Waals surface area contributed by atoms with Crippen molar-refractivity contribution in [3.05, 3.63) is 64.5 Å². The highest BCUT2D eigenvalue weighted by Crippen LogP contribution is 2.33. The lowest BCUT2D eigenvalue weighted by Gasteiger charge is -2.14. The van der Waals surface area contributed by atoms with Crippen LogP contribution in [0.4, 0.5) is 0 Å². The fourth-order valence-electron chi connectivity index (χ4n) is 2.42. The zero-order chi connectivity index (χ0) is 15.5. The summed E-state index contributed by atoms with van der Waals surface area (Å²) in [5.74, 6) is 0. The van der Waals surface area contributed by atoms with Crippen molar-refractivity contribution in [2.24, 2.45) is 0 Å². The molecule has 0 N–H and O–H groups in total. The molecule has 0 saturated carbocycles. The van der Waals surface area contributed by atoms with Crippen LogP contribution in [-0.4, -0.2) is 20.0 Å². The van der Waals surface area contributed by atoms with Crippen LogP contribution in [0.1, 0.15) is 24.9 Å². The van der Waals surface area contributed by atoms with Crippen molar-refractivity contribution in [2.75, 3.05) is 0 Å². The van der Waals surface area contributed by atoms with E-state index in [1.165, 1.54) is 0 Å². The molecule has 0 fully saturated rings. The molecule has 0 amide bonds. The molecule has 2 aromatic heterocycles. The van der Waals surface area contributed by atoms with Gasteiger partial charge in [-0.1, -0.05) is 47.5 Å². The molecule has 4 nitrogen and oxygen atoms in total. The van der Waals surface area contributed by atoms with E-state index in [2.05, 4.69) is 22.2 Å². The van der Waals surface area contributed by atoms with Gasteiger partial charge in [0.15, 0.2) is 0 Å². The highest BCUT2D eigenvalue weighted by Gasteiger charge is 2.16. The SMILES string of the molecule is CCC(c1ccncc1)n1cc(-c2cccc(Cl)c2Cl)nn1. The Hall–Kier alpha value is -1.91. The molecule has 1 unspecified atom stereocenters. The molecule has 0 saturated heterocycles. The maximum atomic E-state index is 6.25. The van der Waals surface area contributed by atoms with Crippen molar-refractivity contribution in [2.45, 2.75) is 19.4 Å². The molecule has 22 heavy (non-hydrogen) atoms. The minimum Gasteiger partial charge on any atom is -0.265 e. The molecule has 112 valence electrons. The smallest absolute Gasteiger partial charge is 0.114 e. The predicted octanol–water partition coefficient (Wildman–Crippen LogP) is 4.65. The van der Waals surface area contributed by atoms with Crippen LogP contribution in [-0.2, 0) is 0 Å². The first-order chi connectivity index (χ1) is 10.7. The summed E-state index contributed by atoms with van der Waals surface area (Å²) in [7, 11) is 0. The normalized spacial score (nSPS) is 12.3. The summed E-state index contributed by atoms with van der Waals surface area (Å²) >= 11 is 12.3. The Morgan fingerprint density at radius 1 is 1.14 bits per heavy atom. The van der Waals surface area contributed by atoms with Crippen molar-refractivity contribution < 1.29 is 0 Å². The van der Waals surface area contributed by atoms with E-state index in [1.807, 2.05) is 35.1 Å². The number of hydrogen-bond donors (Lipinski definition) is 0. The van der Waals surface area contributed by atoms with Crippen LogP contribution in [0.2, 0.25) is 10.0 Å². The average molecular weight is 333 g/mol. The van der Waals surface area contributed by atoms with E-state index in [0.717, 1.165) is 17.5 Å². The molecule has 3 rings (SSSR count). The number of nitrogens with zero attached hydrogens (tertiary/aromatic N) is 4. The van der Waals surface area contributed by atoms with Crippen LogP contribution in [0.25, 0.3) is 11.3 Å². The zero-order valence-corrected chi connectivity index (χ0v) is 13.5. The summed E-state index contributed by atoms with van der Waals surface area (Å²) < 4.78 is 1.85. The molecule has 0 radical (unpaired) electrons. The standard InChI is InChI=1S/C16H14Cl2N4/c1-2-15(11-6-8-19-9-7-11)22-10-14(20-21-22)12-4-3-5-13(17)16(12)18/h3-10,15H,2H2,1H3. The van der Waals surface area contributed by atoms with Crippen LogP contribution in [0.5, 0.6) is 0 Å². The Morgan fingerprint density at radius 2 is 1.91 bits per heavy atom.